The summed E-state index contributed by atoms with van der Waals surface area (Å²) in [5, 5.41) is 8.81. The normalized spacial score (nSPS) is 9.85. The summed E-state index contributed by atoms with van der Waals surface area (Å²) in [6.45, 7) is 0.342. The van der Waals surface area contributed by atoms with Crippen molar-refractivity contribution in [3.63, 3.8) is 0 Å². The molecule has 0 spiro atoms. The smallest absolute Gasteiger partial charge is 0.140 e. The van der Waals surface area contributed by atoms with E-state index in [2.05, 4.69) is 4.98 Å². The molecule has 0 aliphatic rings. The molecule has 2 aromatic rings. The van der Waals surface area contributed by atoms with Crippen molar-refractivity contribution < 1.29 is 9.47 Å². The molecule has 4 nitrogen and oxygen atoms in total. The van der Waals surface area contributed by atoms with Crippen LogP contribution in [0.5, 0.6) is 11.5 Å². The van der Waals surface area contributed by atoms with E-state index in [4.69, 9.17) is 26.3 Å². The van der Waals surface area contributed by atoms with Gasteiger partial charge < -0.3 is 9.47 Å². The van der Waals surface area contributed by atoms with E-state index in [-0.39, 0.29) is 0 Å². The fourth-order valence-electron chi connectivity index (χ4n) is 1.69. The summed E-state index contributed by atoms with van der Waals surface area (Å²) in [7, 11) is 1.60. The summed E-state index contributed by atoms with van der Waals surface area (Å²) < 4.78 is 10.9. The van der Waals surface area contributed by atoms with Crippen molar-refractivity contribution in [1.29, 1.82) is 5.26 Å². The van der Waals surface area contributed by atoms with E-state index in [1.165, 1.54) is 0 Å². The highest BCUT2D eigenvalue weighted by Crippen LogP contribution is 2.26. The average molecular weight is 289 g/mol. The van der Waals surface area contributed by atoms with Gasteiger partial charge in [0.15, 0.2) is 0 Å². The molecule has 1 heterocycles. The summed E-state index contributed by atoms with van der Waals surface area (Å²) in [6.07, 6.45) is 1.59. The number of nitriles is 1. The molecule has 5 heteroatoms. The lowest BCUT2D eigenvalue weighted by Crippen LogP contribution is -1.99. The third-order valence-corrected chi connectivity index (χ3v) is 3.04. The predicted molar refractivity (Wildman–Crippen MR) is 75.8 cm³/mol. The van der Waals surface area contributed by atoms with Gasteiger partial charge in [-0.3, -0.25) is 0 Å². The van der Waals surface area contributed by atoms with Gasteiger partial charge in [-0.05, 0) is 23.8 Å². The molecule has 0 fully saturated rings. The topological polar surface area (TPSA) is 55.1 Å². The molecule has 102 valence electrons. The standard InChI is InChI=1S/C15H13ClN2O2/c1-19-14-3-2-12(8-16)15(7-14)20-10-11-4-5-18-13(6-11)9-17/h2-7H,8,10H2,1H3. The molecule has 0 aliphatic carbocycles. The van der Waals surface area contributed by atoms with E-state index in [0.717, 1.165) is 11.1 Å². The Bertz CT molecular complexity index is 638. The van der Waals surface area contributed by atoms with Crippen molar-refractivity contribution in [2.45, 2.75) is 12.5 Å². The highest BCUT2D eigenvalue weighted by Gasteiger charge is 2.06. The van der Waals surface area contributed by atoms with Crippen LogP contribution in [0.2, 0.25) is 0 Å². The summed E-state index contributed by atoms with van der Waals surface area (Å²) in [5.41, 5.74) is 2.14. The number of pyridine rings is 1. The Balaban J connectivity index is 2.15. The Morgan fingerprint density at radius 1 is 1.30 bits per heavy atom. The van der Waals surface area contributed by atoms with E-state index < -0.39 is 0 Å². The van der Waals surface area contributed by atoms with Gasteiger partial charge in [0.05, 0.1) is 13.0 Å². The van der Waals surface area contributed by atoms with Gasteiger partial charge in [0.1, 0.15) is 29.9 Å². The molecule has 0 radical (unpaired) electrons. The Kier molecular flexibility index (Phi) is 4.80. The fraction of sp³-hybridized carbons (Fsp3) is 0.200. The molecule has 0 saturated carbocycles. The van der Waals surface area contributed by atoms with Crippen LogP contribution >= 0.6 is 11.6 Å². The molecule has 0 bridgehead atoms. The Hall–Kier alpha value is -2.25. The van der Waals surface area contributed by atoms with Crippen LogP contribution in [0.15, 0.2) is 36.5 Å². The maximum atomic E-state index is 8.81. The zero-order valence-corrected chi connectivity index (χ0v) is 11.7. The molecule has 0 aliphatic heterocycles. The number of hydrogen-bond acceptors (Lipinski definition) is 4. The van der Waals surface area contributed by atoms with E-state index in [9.17, 15) is 0 Å². The Morgan fingerprint density at radius 2 is 2.15 bits per heavy atom. The van der Waals surface area contributed by atoms with Crippen LogP contribution in [0.4, 0.5) is 0 Å². The monoisotopic (exact) mass is 288 g/mol. The number of alkyl halides is 1. The maximum Gasteiger partial charge on any atom is 0.140 e. The molecule has 0 unspecified atom stereocenters. The second-order valence-corrected chi connectivity index (χ2v) is 4.32. The van der Waals surface area contributed by atoms with E-state index in [0.29, 0.717) is 29.7 Å². The lowest BCUT2D eigenvalue weighted by Gasteiger charge is -2.11. The highest BCUT2D eigenvalue weighted by molar-refractivity contribution is 6.17. The van der Waals surface area contributed by atoms with Gasteiger partial charge in [-0.25, -0.2) is 4.98 Å². The summed E-state index contributed by atoms with van der Waals surface area (Å²) in [6, 6.07) is 11.0. The van der Waals surface area contributed by atoms with Crippen molar-refractivity contribution in [1.82, 2.24) is 4.98 Å². The van der Waals surface area contributed by atoms with Gasteiger partial charge in [0.25, 0.3) is 0 Å². The van der Waals surface area contributed by atoms with Gasteiger partial charge in [0, 0.05) is 17.8 Å². The number of nitrogens with zero attached hydrogens (tertiary/aromatic N) is 2. The number of aromatic nitrogens is 1. The van der Waals surface area contributed by atoms with Gasteiger partial charge in [-0.2, -0.15) is 5.26 Å². The second kappa shape index (κ2) is 6.78. The SMILES string of the molecule is COc1ccc(CCl)c(OCc2ccnc(C#N)c2)c1. The number of methoxy groups -OCH3 is 1. The molecule has 1 aromatic heterocycles. The van der Waals surface area contributed by atoms with E-state index >= 15 is 0 Å². The van der Waals surface area contributed by atoms with Crippen LogP contribution in [-0.2, 0) is 12.5 Å². The molecule has 0 amide bonds. The second-order valence-electron chi connectivity index (χ2n) is 4.06. The summed E-state index contributed by atoms with van der Waals surface area (Å²) in [5.74, 6) is 1.75. The molecule has 0 N–H and O–H groups in total. The van der Waals surface area contributed by atoms with Gasteiger partial charge >= 0.3 is 0 Å². The Labute approximate surface area is 122 Å². The molecular formula is C15H13ClN2O2. The van der Waals surface area contributed by atoms with Crippen LogP contribution in [0.3, 0.4) is 0 Å². The maximum absolute atomic E-state index is 8.81. The molecule has 2 rings (SSSR count). The first-order valence-electron chi connectivity index (χ1n) is 5.97. The van der Waals surface area contributed by atoms with Gasteiger partial charge in [-0.15, -0.1) is 11.6 Å². The summed E-state index contributed by atoms with van der Waals surface area (Å²) >= 11 is 5.88. The quantitative estimate of drug-likeness (QED) is 0.792. The Morgan fingerprint density at radius 3 is 2.85 bits per heavy atom. The van der Waals surface area contributed by atoms with Crippen molar-refractivity contribution >= 4 is 11.6 Å². The van der Waals surface area contributed by atoms with Crippen LogP contribution < -0.4 is 9.47 Å². The molecule has 20 heavy (non-hydrogen) atoms. The zero-order valence-electron chi connectivity index (χ0n) is 11.0. The highest BCUT2D eigenvalue weighted by atomic mass is 35.5. The lowest BCUT2D eigenvalue weighted by atomic mass is 10.2. The van der Waals surface area contributed by atoms with Gasteiger partial charge in [-0.1, -0.05) is 6.07 Å². The number of benzene rings is 1. The largest absolute Gasteiger partial charge is 0.497 e. The van der Waals surface area contributed by atoms with Crippen molar-refractivity contribution in [2.24, 2.45) is 0 Å². The zero-order chi connectivity index (χ0) is 14.4. The van der Waals surface area contributed by atoms with Crippen LogP contribution in [0.25, 0.3) is 0 Å². The molecule has 1 aromatic carbocycles. The molecule has 0 saturated heterocycles. The minimum Gasteiger partial charge on any atom is -0.497 e. The first kappa shape index (κ1) is 14.2. The molecule has 0 atom stereocenters. The van der Waals surface area contributed by atoms with Crippen molar-refractivity contribution in [3.05, 3.63) is 53.3 Å². The number of rotatable bonds is 5. The first-order chi connectivity index (χ1) is 9.76. The van der Waals surface area contributed by atoms with Crippen LogP contribution in [0, 0.1) is 11.3 Å². The van der Waals surface area contributed by atoms with E-state index in [1.807, 2.05) is 18.2 Å². The van der Waals surface area contributed by atoms with E-state index in [1.54, 1.807) is 31.5 Å². The average Bonchev–Trinajstić information content (AvgIpc) is 2.52. The number of ether oxygens (including phenoxy) is 2. The summed E-state index contributed by atoms with van der Waals surface area (Å²) in [4.78, 5) is 3.92. The number of halogens is 1. The first-order valence-corrected chi connectivity index (χ1v) is 6.51. The minimum atomic E-state index is 0.342. The van der Waals surface area contributed by atoms with Crippen LogP contribution in [-0.4, -0.2) is 12.1 Å². The van der Waals surface area contributed by atoms with Gasteiger partial charge in [0.2, 0.25) is 0 Å². The molecular weight excluding hydrogens is 276 g/mol. The third kappa shape index (κ3) is 3.40. The third-order valence-electron chi connectivity index (χ3n) is 2.75. The van der Waals surface area contributed by atoms with Crippen molar-refractivity contribution in [3.8, 4) is 17.6 Å². The van der Waals surface area contributed by atoms with Crippen molar-refractivity contribution in [2.75, 3.05) is 7.11 Å². The predicted octanol–water partition coefficient (Wildman–Crippen LogP) is 3.28. The lowest BCUT2D eigenvalue weighted by molar-refractivity contribution is 0.301. The fourth-order valence-corrected chi connectivity index (χ4v) is 1.91. The number of hydrogen-bond donors (Lipinski definition) is 0. The van der Waals surface area contributed by atoms with Crippen LogP contribution in [0.1, 0.15) is 16.8 Å². The minimum absolute atomic E-state index is 0.342.